The summed E-state index contributed by atoms with van der Waals surface area (Å²) in [5, 5.41) is 9.74. The summed E-state index contributed by atoms with van der Waals surface area (Å²) in [6.07, 6.45) is 1.56. The first kappa shape index (κ1) is 17.7. The van der Waals surface area contributed by atoms with Gasteiger partial charge in [0.2, 0.25) is 11.7 Å². The van der Waals surface area contributed by atoms with Crippen LogP contribution >= 0.6 is 0 Å². The van der Waals surface area contributed by atoms with Gasteiger partial charge in [-0.05, 0) is 48.7 Å². The maximum absolute atomic E-state index is 12.3. The molecule has 0 fully saturated rings. The summed E-state index contributed by atoms with van der Waals surface area (Å²) in [6, 6.07) is 13.1. The van der Waals surface area contributed by atoms with Crippen LogP contribution in [0.1, 0.15) is 30.9 Å². The third-order valence-corrected chi connectivity index (χ3v) is 4.15. The number of benzene rings is 2. The van der Waals surface area contributed by atoms with Crippen molar-refractivity contribution in [3.8, 4) is 11.4 Å². The molecule has 0 aliphatic rings. The molecule has 134 valence electrons. The van der Waals surface area contributed by atoms with Crippen LogP contribution in [0, 0.1) is 6.92 Å². The van der Waals surface area contributed by atoms with Crippen LogP contribution in [-0.4, -0.2) is 16.2 Å². The fourth-order valence-corrected chi connectivity index (χ4v) is 2.70. The predicted molar refractivity (Wildman–Crippen MR) is 102 cm³/mol. The second kappa shape index (κ2) is 7.82. The highest BCUT2D eigenvalue weighted by atomic mass is 16.5. The number of urea groups is 1. The van der Waals surface area contributed by atoms with Crippen LogP contribution in [0.2, 0.25) is 0 Å². The summed E-state index contributed by atoms with van der Waals surface area (Å²) in [5.74, 6) is 1.15. The molecule has 0 atom stereocenters. The van der Waals surface area contributed by atoms with Crippen molar-refractivity contribution in [3.05, 3.63) is 59.5 Å². The number of aryl methyl sites for hydroxylation is 3. The zero-order chi connectivity index (χ0) is 18.5. The van der Waals surface area contributed by atoms with E-state index in [0.717, 1.165) is 28.8 Å². The van der Waals surface area contributed by atoms with Crippen LogP contribution in [0.3, 0.4) is 0 Å². The highest BCUT2D eigenvalue weighted by Crippen LogP contribution is 2.22. The van der Waals surface area contributed by atoms with Crippen LogP contribution in [0.25, 0.3) is 11.4 Å². The number of anilines is 2. The second-order valence-electron chi connectivity index (χ2n) is 5.98. The SMILES string of the molecule is CCc1nc(-c2ccc(NC(=O)Nc3c(C)cccc3CC)cc2)no1. The summed E-state index contributed by atoms with van der Waals surface area (Å²) < 4.78 is 5.12. The van der Waals surface area contributed by atoms with Crippen molar-refractivity contribution in [2.45, 2.75) is 33.6 Å². The molecular formula is C20H22N4O2. The van der Waals surface area contributed by atoms with E-state index in [2.05, 4.69) is 27.7 Å². The summed E-state index contributed by atoms with van der Waals surface area (Å²) in [6.45, 7) is 6.01. The Labute approximate surface area is 152 Å². The summed E-state index contributed by atoms with van der Waals surface area (Å²) in [4.78, 5) is 16.6. The molecule has 0 saturated carbocycles. The van der Waals surface area contributed by atoms with E-state index in [0.29, 0.717) is 23.8 Å². The van der Waals surface area contributed by atoms with Gasteiger partial charge in [-0.1, -0.05) is 37.2 Å². The minimum Gasteiger partial charge on any atom is -0.339 e. The van der Waals surface area contributed by atoms with Gasteiger partial charge in [-0.15, -0.1) is 0 Å². The Bertz CT molecular complexity index is 900. The fourth-order valence-electron chi connectivity index (χ4n) is 2.70. The van der Waals surface area contributed by atoms with E-state index in [1.807, 2.05) is 56.3 Å². The highest BCUT2D eigenvalue weighted by Gasteiger charge is 2.10. The number of rotatable bonds is 5. The molecule has 0 aliphatic heterocycles. The molecule has 2 aromatic carbocycles. The Hall–Kier alpha value is -3.15. The van der Waals surface area contributed by atoms with Gasteiger partial charge in [-0.25, -0.2) is 4.79 Å². The monoisotopic (exact) mass is 350 g/mol. The molecule has 3 aromatic rings. The van der Waals surface area contributed by atoms with Crippen molar-refractivity contribution >= 4 is 17.4 Å². The third kappa shape index (κ3) is 3.91. The first-order valence-electron chi connectivity index (χ1n) is 8.70. The van der Waals surface area contributed by atoms with Crippen molar-refractivity contribution in [1.29, 1.82) is 0 Å². The Morgan fingerprint density at radius 2 is 1.81 bits per heavy atom. The molecule has 2 amide bonds. The van der Waals surface area contributed by atoms with Gasteiger partial charge in [0, 0.05) is 23.4 Å². The molecule has 26 heavy (non-hydrogen) atoms. The number of nitrogens with zero attached hydrogens (tertiary/aromatic N) is 2. The normalized spacial score (nSPS) is 10.6. The molecule has 0 saturated heterocycles. The smallest absolute Gasteiger partial charge is 0.323 e. The lowest BCUT2D eigenvalue weighted by atomic mass is 10.1. The number of carbonyl (C=O) groups excluding carboxylic acids is 1. The van der Waals surface area contributed by atoms with E-state index in [9.17, 15) is 4.79 Å². The minimum absolute atomic E-state index is 0.269. The molecular weight excluding hydrogens is 328 g/mol. The highest BCUT2D eigenvalue weighted by molar-refractivity contribution is 6.00. The molecule has 0 spiro atoms. The van der Waals surface area contributed by atoms with Crippen molar-refractivity contribution in [1.82, 2.24) is 10.1 Å². The lowest BCUT2D eigenvalue weighted by molar-refractivity contribution is 0.262. The molecule has 6 nitrogen and oxygen atoms in total. The van der Waals surface area contributed by atoms with E-state index < -0.39 is 0 Å². The van der Waals surface area contributed by atoms with E-state index in [4.69, 9.17) is 4.52 Å². The molecule has 3 rings (SSSR count). The number of amides is 2. The van der Waals surface area contributed by atoms with Crippen LogP contribution in [0.4, 0.5) is 16.2 Å². The average Bonchev–Trinajstić information content (AvgIpc) is 3.13. The van der Waals surface area contributed by atoms with Crippen LogP contribution in [-0.2, 0) is 12.8 Å². The Morgan fingerprint density at radius 3 is 2.46 bits per heavy atom. The molecule has 2 N–H and O–H groups in total. The Morgan fingerprint density at radius 1 is 1.04 bits per heavy atom. The van der Waals surface area contributed by atoms with E-state index in [1.165, 1.54) is 0 Å². The zero-order valence-corrected chi connectivity index (χ0v) is 15.2. The quantitative estimate of drug-likeness (QED) is 0.692. The van der Waals surface area contributed by atoms with Crippen molar-refractivity contribution in [2.24, 2.45) is 0 Å². The second-order valence-corrected chi connectivity index (χ2v) is 5.98. The van der Waals surface area contributed by atoms with E-state index >= 15 is 0 Å². The molecule has 1 heterocycles. The van der Waals surface area contributed by atoms with Gasteiger partial charge in [-0.3, -0.25) is 0 Å². The lowest BCUT2D eigenvalue weighted by Crippen LogP contribution is -2.20. The maximum atomic E-state index is 12.3. The van der Waals surface area contributed by atoms with Gasteiger partial charge in [0.25, 0.3) is 0 Å². The van der Waals surface area contributed by atoms with Crippen LogP contribution in [0.5, 0.6) is 0 Å². The average molecular weight is 350 g/mol. The van der Waals surface area contributed by atoms with Crippen LogP contribution < -0.4 is 10.6 Å². The largest absolute Gasteiger partial charge is 0.339 e. The van der Waals surface area contributed by atoms with Gasteiger partial charge in [-0.2, -0.15) is 4.98 Å². The van der Waals surface area contributed by atoms with Gasteiger partial charge < -0.3 is 15.2 Å². The van der Waals surface area contributed by atoms with Gasteiger partial charge in [0.05, 0.1) is 0 Å². The number of aromatic nitrogens is 2. The standard InChI is InChI=1S/C20H22N4O2/c1-4-14-8-6-7-13(3)18(14)23-20(25)21-16-11-9-15(10-12-16)19-22-17(5-2)26-24-19/h6-12H,4-5H2,1-3H3,(H2,21,23,25). The molecule has 0 aliphatic carbocycles. The molecule has 6 heteroatoms. The number of carbonyl (C=O) groups is 1. The van der Waals surface area contributed by atoms with Gasteiger partial charge >= 0.3 is 6.03 Å². The number of nitrogens with one attached hydrogen (secondary N) is 2. The summed E-state index contributed by atoms with van der Waals surface area (Å²) >= 11 is 0. The summed E-state index contributed by atoms with van der Waals surface area (Å²) in [5.41, 5.74) is 4.55. The predicted octanol–water partition coefficient (Wildman–Crippen LogP) is 4.81. The molecule has 0 radical (unpaired) electrons. The molecule has 0 unspecified atom stereocenters. The van der Waals surface area contributed by atoms with Crippen molar-refractivity contribution in [2.75, 3.05) is 10.6 Å². The fraction of sp³-hybridized carbons (Fsp3) is 0.250. The Balaban J connectivity index is 1.68. The molecule has 0 bridgehead atoms. The molecule has 1 aromatic heterocycles. The van der Waals surface area contributed by atoms with E-state index in [1.54, 1.807) is 0 Å². The summed E-state index contributed by atoms with van der Waals surface area (Å²) in [7, 11) is 0. The van der Waals surface area contributed by atoms with Gasteiger partial charge in [0.15, 0.2) is 0 Å². The van der Waals surface area contributed by atoms with Crippen LogP contribution in [0.15, 0.2) is 47.0 Å². The lowest BCUT2D eigenvalue weighted by Gasteiger charge is -2.13. The first-order valence-corrected chi connectivity index (χ1v) is 8.70. The van der Waals surface area contributed by atoms with Gasteiger partial charge in [0.1, 0.15) is 0 Å². The topological polar surface area (TPSA) is 80.0 Å². The first-order chi connectivity index (χ1) is 12.6. The zero-order valence-electron chi connectivity index (χ0n) is 15.2. The third-order valence-electron chi connectivity index (χ3n) is 4.15. The van der Waals surface area contributed by atoms with Crippen molar-refractivity contribution < 1.29 is 9.32 Å². The number of hydrogen-bond acceptors (Lipinski definition) is 4. The van der Waals surface area contributed by atoms with Crippen molar-refractivity contribution in [3.63, 3.8) is 0 Å². The Kier molecular flexibility index (Phi) is 5.31. The number of hydrogen-bond donors (Lipinski definition) is 2. The van der Waals surface area contributed by atoms with E-state index in [-0.39, 0.29) is 6.03 Å². The minimum atomic E-state index is -0.269. The maximum Gasteiger partial charge on any atom is 0.323 e. The number of para-hydroxylation sites is 1.